The van der Waals surface area contributed by atoms with Gasteiger partial charge >= 0.3 is 0 Å². The van der Waals surface area contributed by atoms with E-state index >= 15 is 0 Å². The summed E-state index contributed by atoms with van der Waals surface area (Å²) in [6, 6.07) is 21.7. The summed E-state index contributed by atoms with van der Waals surface area (Å²) in [4.78, 5) is 32.3. The molecule has 0 unspecified atom stereocenters. The monoisotopic (exact) mass is 480 g/mol. The fourth-order valence-corrected chi connectivity index (χ4v) is 3.14. The number of amides is 2. The summed E-state index contributed by atoms with van der Waals surface area (Å²) >= 11 is 0. The van der Waals surface area contributed by atoms with Gasteiger partial charge in [-0.05, 0) is 71.8 Å². The average Bonchev–Trinajstić information content (AvgIpc) is 2.91. The number of rotatable bonds is 8. The van der Waals surface area contributed by atoms with E-state index in [0.29, 0.717) is 23.0 Å². The van der Waals surface area contributed by atoms with Crippen molar-refractivity contribution in [3.63, 3.8) is 0 Å². The number of aliphatic imine (C=N–C) groups is 2. The van der Waals surface area contributed by atoms with Gasteiger partial charge in [-0.25, -0.2) is 0 Å². The van der Waals surface area contributed by atoms with Crippen LogP contribution in [0.25, 0.3) is 12.2 Å². The van der Waals surface area contributed by atoms with Crippen molar-refractivity contribution in [2.24, 2.45) is 21.5 Å². The quantitative estimate of drug-likeness (QED) is 0.222. The molecule has 0 atom stereocenters. The van der Waals surface area contributed by atoms with Crippen LogP contribution in [0, 0.1) is 0 Å². The van der Waals surface area contributed by atoms with Crippen molar-refractivity contribution in [3.05, 3.63) is 107 Å². The Morgan fingerprint density at radius 1 is 0.611 bits per heavy atom. The van der Waals surface area contributed by atoms with Crippen molar-refractivity contribution < 1.29 is 9.59 Å². The van der Waals surface area contributed by atoms with Gasteiger partial charge in [0, 0.05) is 48.7 Å². The zero-order chi connectivity index (χ0) is 25.9. The lowest BCUT2D eigenvalue weighted by atomic mass is 10.1. The maximum atomic E-state index is 12.2. The number of hydrogen-bond acceptors (Lipinski definition) is 4. The number of benzene rings is 3. The normalized spacial score (nSPS) is 12.2. The predicted octanol–water partition coefficient (Wildman–Crippen LogP) is 3.66. The van der Waals surface area contributed by atoms with Gasteiger partial charge in [0.15, 0.2) is 0 Å². The fourth-order valence-electron chi connectivity index (χ4n) is 3.14. The maximum absolute atomic E-state index is 12.2. The van der Waals surface area contributed by atoms with Crippen LogP contribution in [0.15, 0.2) is 94.9 Å². The van der Waals surface area contributed by atoms with Crippen LogP contribution < -0.4 is 22.1 Å². The Hall–Kier alpha value is -4.98. The van der Waals surface area contributed by atoms with Gasteiger partial charge in [-0.2, -0.15) is 0 Å². The molecule has 0 radical (unpaired) electrons. The van der Waals surface area contributed by atoms with Crippen molar-refractivity contribution in [3.8, 4) is 0 Å². The minimum absolute atomic E-state index is 0.252. The third-order valence-corrected chi connectivity index (χ3v) is 5.17. The lowest BCUT2D eigenvalue weighted by Crippen LogP contribution is -2.13. The lowest BCUT2D eigenvalue weighted by Gasteiger charge is -2.04. The van der Waals surface area contributed by atoms with E-state index in [-0.39, 0.29) is 11.8 Å². The highest BCUT2D eigenvalue weighted by Gasteiger charge is 2.02. The van der Waals surface area contributed by atoms with Crippen LogP contribution in [-0.2, 0) is 9.59 Å². The molecule has 3 aromatic carbocycles. The Morgan fingerprint density at radius 3 is 1.25 bits per heavy atom. The fraction of sp³-hybridized carbons (Fsp3) is 0.0714. The summed E-state index contributed by atoms with van der Waals surface area (Å²) in [7, 11) is 3.25. The largest absolute Gasteiger partial charge is 0.384 e. The average molecular weight is 481 g/mol. The molecule has 0 aliphatic heterocycles. The summed E-state index contributed by atoms with van der Waals surface area (Å²) in [6.45, 7) is 0. The molecule has 3 rings (SSSR count). The van der Waals surface area contributed by atoms with E-state index in [9.17, 15) is 9.59 Å². The Kier molecular flexibility index (Phi) is 8.88. The van der Waals surface area contributed by atoms with Gasteiger partial charge in [0.1, 0.15) is 11.7 Å². The molecule has 0 aromatic heterocycles. The summed E-state index contributed by atoms with van der Waals surface area (Å²) in [5.41, 5.74) is 16.1. The van der Waals surface area contributed by atoms with Crippen molar-refractivity contribution in [2.75, 3.05) is 24.7 Å². The zero-order valence-electron chi connectivity index (χ0n) is 20.1. The molecule has 0 saturated heterocycles. The number of carbonyl (C=O) groups is 2. The van der Waals surface area contributed by atoms with Gasteiger partial charge in [0.25, 0.3) is 0 Å². The van der Waals surface area contributed by atoms with E-state index in [1.54, 1.807) is 74.8 Å². The summed E-state index contributed by atoms with van der Waals surface area (Å²) in [5, 5.41) is 5.60. The van der Waals surface area contributed by atoms with Crippen molar-refractivity contribution in [1.82, 2.24) is 0 Å². The predicted molar refractivity (Wildman–Crippen MR) is 148 cm³/mol. The van der Waals surface area contributed by atoms with Crippen LogP contribution in [-0.4, -0.2) is 37.6 Å². The molecule has 0 saturated carbocycles. The van der Waals surface area contributed by atoms with Gasteiger partial charge in [-0.1, -0.05) is 24.3 Å². The summed E-state index contributed by atoms with van der Waals surface area (Å²) < 4.78 is 0. The minimum Gasteiger partial charge on any atom is -0.384 e. The molecule has 8 heteroatoms. The summed E-state index contributed by atoms with van der Waals surface area (Å²) in [5.74, 6) is 0.368. The SMILES string of the molecule is CN=C(N)c1ccc(NC(=O)/C=C/c2ccc(/C=C/C(=O)Nc3ccc(C(N)=NC)cc3)cc2)cc1. The van der Waals surface area contributed by atoms with Crippen LogP contribution in [0.1, 0.15) is 22.3 Å². The zero-order valence-corrected chi connectivity index (χ0v) is 20.1. The highest BCUT2D eigenvalue weighted by Crippen LogP contribution is 2.12. The van der Waals surface area contributed by atoms with Crippen LogP contribution in [0.5, 0.6) is 0 Å². The lowest BCUT2D eigenvalue weighted by molar-refractivity contribution is -0.112. The van der Waals surface area contributed by atoms with Gasteiger partial charge in [-0.15, -0.1) is 0 Å². The van der Waals surface area contributed by atoms with E-state index < -0.39 is 0 Å². The molecule has 6 N–H and O–H groups in total. The topological polar surface area (TPSA) is 135 Å². The third kappa shape index (κ3) is 7.53. The Bertz CT molecular complexity index is 1220. The molecule has 8 nitrogen and oxygen atoms in total. The second-order valence-electron chi connectivity index (χ2n) is 7.68. The number of nitrogens with one attached hydrogen (secondary N) is 2. The van der Waals surface area contributed by atoms with Crippen LogP contribution in [0.2, 0.25) is 0 Å². The highest BCUT2D eigenvalue weighted by molar-refractivity contribution is 6.03. The number of carbonyl (C=O) groups excluding carboxylic acids is 2. The van der Waals surface area contributed by atoms with E-state index in [1.807, 2.05) is 24.3 Å². The highest BCUT2D eigenvalue weighted by atomic mass is 16.2. The molecule has 0 aliphatic rings. The van der Waals surface area contributed by atoms with E-state index in [4.69, 9.17) is 11.5 Å². The molecule has 0 fully saturated rings. The molecule has 2 amide bonds. The van der Waals surface area contributed by atoms with Gasteiger partial charge < -0.3 is 22.1 Å². The molecular weight excluding hydrogens is 452 g/mol. The molecule has 0 aliphatic carbocycles. The smallest absolute Gasteiger partial charge is 0.248 e. The number of hydrogen-bond donors (Lipinski definition) is 4. The molecule has 0 bridgehead atoms. The maximum Gasteiger partial charge on any atom is 0.248 e. The standard InChI is InChI=1S/C28H28N6O2/c1-31-27(29)21-9-13-23(14-10-21)33-25(35)17-7-19-3-5-20(6-4-19)8-18-26(36)34-24-15-11-22(12-16-24)28(30)32-2/h3-18H,1-2H3,(H2,29,31)(H2,30,32)(H,33,35)(H,34,36)/b17-7+,18-8+. The molecule has 36 heavy (non-hydrogen) atoms. The second-order valence-corrected chi connectivity index (χ2v) is 7.68. The van der Waals surface area contributed by atoms with E-state index in [0.717, 1.165) is 22.3 Å². The van der Waals surface area contributed by atoms with Gasteiger partial charge in [0.05, 0.1) is 0 Å². The van der Waals surface area contributed by atoms with Crippen molar-refractivity contribution >= 4 is 47.0 Å². The van der Waals surface area contributed by atoms with E-state index in [2.05, 4.69) is 20.6 Å². The second kappa shape index (κ2) is 12.5. The number of nitrogens with zero attached hydrogens (tertiary/aromatic N) is 2. The number of anilines is 2. The van der Waals surface area contributed by atoms with Crippen molar-refractivity contribution in [1.29, 1.82) is 0 Å². The number of nitrogens with two attached hydrogens (primary N) is 2. The minimum atomic E-state index is -0.252. The first-order valence-electron chi connectivity index (χ1n) is 11.1. The summed E-state index contributed by atoms with van der Waals surface area (Å²) in [6.07, 6.45) is 6.34. The van der Waals surface area contributed by atoms with Crippen LogP contribution in [0.3, 0.4) is 0 Å². The molecule has 0 heterocycles. The van der Waals surface area contributed by atoms with Gasteiger partial charge in [-0.3, -0.25) is 19.6 Å². The van der Waals surface area contributed by atoms with Crippen molar-refractivity contribution in [2.45, 2.75) is 0 Å². The van der Waals surface area contributed by atoms with Crippen LogP contribution in [0.4, 0.5) is 11.4 Å². The first-order valence-corrected chi connectivity index (χ1v) is 11.1. The number of amidine groups is 2. The van der Waals surface area contributed by atoms with Gasteiger partial charge in [0.2, 0.25) is 11.8 Å². The Morgan fingerprint density at radius 2 is 0.944 bits per heavy atom. The first kappa shape index (κ1) is 25.6. The molecule has 182 valence electrons. The van der Waals surface area contributed by atoms with Crippen LogP contribution >= 0.6 is 0 Å². The molecule has 0 spiro atoms. The van der Waals surface area contributed by atoms with E-state index in [1.165, 1.54) is 12.2 Å². The molecule has 3 aromatic rings. The third-order valence-electron chi connectivity index (χ3n) is 5.17. The molecular formula is C28H28N6O2. The Labute approximate surface area is 210 Å². The Balaban J connectivity index is 1.51. The first-order chi connectivity index (χ1) is 17.4.